The van der Waals surface area contributed by atoms with Crippen LogP contribution in [0.4, 0.5) is 0 Å². The summed E-state index contributed by atoms with van der Waals surface area (Å²) in [5.41, 5.74) is 0.986. The molecule has 0 spiro atoms. The molecule has 9 nitrogen and oxygen atoms in total. The molecule has 32 heavy (non-hydrogen) atoms. The first-order chi connectivity index (χ1) is 15.0. The predicted octanol–water partition coefficient (Wildman–Crippen LogP) is 2.77. The van der Waals surface area contributed by atoms with Crippen LogP contribution in [0.3, 0.4) is 0 Å². The van der Waals surface area contributed by atoms with Crippen molar-refractivity contribution < 1.29 is 14.2 Å². The fourth-order valence-corrected chi connectivity index (χ4v) is 3.71. The van der Waals surface area contributed by atoms with Gasteiger partial charge in [-0.1, -0.05) is 13.8 Å². The fourth-order valence-electron chi connectivity index (χ4n) is 3.71. The average molecular weight is 558 g/mol. The summed E-state index contributed by atoms with van der Waals surface area (Å²) < 4.78 is 18.4. The highest BCUT2D eigenvalue weighted by atomic mass is 127. The van der Waals surface area contributed by atoms with Gasteiger partial charge in [0.25, 0.3) is 0 Å². The summed E-state index contributed by atoms with van der Waals surface area (Å²) in [6.07, 6.45) is 2.62. The molecule has 2 aromatic rings. The van der Waals surface area contributed by atoms with Gasteiger partial charge in [0, 0.05) is 49.7 Å². The van der Waals surface area contributed by atoms with Crippen molar-refractivity contribution in [2.45, 2.75) is 51.6 Å². The van der Waals surface area contributed by atoms with Crippen LogP contribution in [0.1, 0.15) is 43.4 Å². The SMILES string of the molecule is CN=C(NCCc1c(OC)cc(OC)cc1OC)NC1CCc2nc(C(C)C)nn2C1.I. The molecule has 178 valence electrons. The summed E-state index contributed by atoms with van der Waals surface area (Å²) in [5, 5.41) is 11.6. The van der Waals surface area contributed by atoms with Gasteiger partial charge in [-0.05, 0) is 12.8 Å². The molecule has 1 atom stereocenters. The molecular weight excluding hydrogens is 523 g/mol. The van der Waals surface area contributed by atoms with Crippen LogP contribution in [0, 0.1) is 0 Å². The third-order valence-electron chi connectivity index (χ3n) is 5.44. The number of halogens is 1. The van der Waals surface area contributed by atoms with Crippen molar-refractivity contribution in [2.75, 3.05) is 34.9 Å². The molecular formula is C22H35IN6O3. The number of benzene rings is 1. The van der Waals surface area contributed by atoms with Crippen molar-refractivity contribution in [3.63, 3.8) is 0 Å². The van der Waals surface area contributed by atoms with E-state index in [1.54, 1.807) is 28.4 Å². The fraction of sp³-hybridized carbons (Fsp3) is 0.591. The number of methoxy groups -OCH3 is 3. The van der Waals surface area contributed by atoms with Gasteiger partial charge in [0.05, 0.1) is 27.9 Å². The van der Waals surface area contributed by atoms with E-state index in [4.69, 9.17) is 14.2 Å². The van der Waals surface area contributed by atoms with E-state index in [0.29, 0.717) is 24.6 Å². The summed E-state index contributed by atoms with van der Waals surface area (Å²) in [5.74, 6) is 5.29. The number of aromatic nitrogens is 3. The molecule has 3 rings (SSSR count). The number of nitrogens with one attached hydrogen (secondary N) is 2. The van der Waals surface area contributed by atoms with Crippen molar-refractivity contribution in [3.8, 4) is 17.2 Å². The second kappa shape index (κ2) is 12.1. The maximum Gasteiger partial charge on any atom is 0.191 e. The molecule has 1 aromatic carbocycles. The molecule has 0 fully saturated rings. The Morgan fingerprint density at radius 3 is 2.44 bits per heavy atom. The van der Waals surface area contributed by atoms with Crippen LogP contribution in [0.25, 0.3) is 0 Å². The van der Waals surface area contributed by atoms with E-state index in [9.17, 15) is 0 Å². The van der Waals surface area contributed by atoms with Gasteiger partial charge >= 0.3 is 0 Å². The number of hydrogen-bond acceptors (Lipinski definition) is 6. The molecule has 2 N–H and O–H groups in total. The van der Waals surface area contributed by atoms with Gasteiger partial charge < -0.3 is 24.8 Å². The Kier molecular flexibility index (Phi) is 9.85. The van der Waals surface area contributed by atoms with Crippen molar-refractivity contribution in [1.82, 2.24) is 25.4 Å². The van der Waals surface area contributed by atoms with Gasteiger partial charge in [-0.15, -0.1) is 24.0 Å². The topological polar surface area (TPSA) is 94.8 Å². The molecule has 1 aromatic heterocycles. The molecule has 0 saturated carbocycles. The lowest BCUT2D eigenvalue weighted by Crippen LogP contribution is -2.47. The molecule has 1 unspecified atom stereocenters. The number of aliphatic imine (C=N–C) groups is 1. The van der Waals surface area contributed by atoms with E-state index >= 15 is 0 Å². The van der Waals surface area contributed by atoms with Crippen LogP contribution in [0.5, 0.6) is 17.2 Å². The third-order valence-corrected chi connectivity index (χ3v) is 5.44. The zero-order valence-corrected chi connectivity index (χ0v) is 22.1. The van der Waals surface area contributed by atoms with Gasteiger partial charge in [0.2, 0.25) is 0 Å². The quantitative estimate of drug-likeness (QED) is 0.293. The smallest absolute Gasteiger partial charge is 0.191 e. The molecule has 1 aliphatic heterocycles. The number of fused-ring (bicyclic) bond motifs is 1. The van der Waals surface area contributed by atoms with E-state index in [1.165, 1.54) is 0 Å². The first-order valence-electron chi connectivity index (χ1n) is 10.7. The van der Waals surface area contributed by atoms with E-state index < -0.39 is 0 Å². The van der Waals surface area contributed by atoms with Gasteiger partial charge in [-0.2, -0.15) is 5.10 Å². The molecule has 0 amide bonds. The summed E-state index contributed by atoms with van der Waals surface area (Å²) >= 11 is 0. The minimum absolute atomic E-state index is 0. The van der Waals surface area contributed by atoms with Crippen molar-refractivity contribution in [1.29, 1.82) is 0 Å². The van der Waals surface area contributed by atoms with Crippen LogP contribution in [-0.4, -0.2) is 61.7 Å². The average Bonchev–Trinajstić information content (AvgIpc) is 3.22. The lowest BCUT2D eigenvalue weighted by molar-refractivity contribution is 0.368. The Morgan fingerprint density at radius 2 is 1.88 bits per heavy atom. The number of nitrogens with zero attached hydrogens (tertiary/aromatic N) is 4. The highest BCUT2D eigenvalue weighted by Crippen LogP contribution is 2.34. The van der Waals surface area contributed by atoms with E-state index in [2.05, 4.69) is 39.6 Å². The van der Waals surface area contributed by atoms with Crippen LogP contribution in [0.2, 0.25) is 0 Å². The molecule has 0 radical (unpaired) electrons. The Bertz CT molecular complexity index is 890. The van der Waals surface area contributed by atoms with Crippen molar-refractivity contribution in [2.24, 2.45) is 4.99 Å². The van der Waals surface area contributed by atoms with E-state index in [0.717, 1.165) is 54.1 Å². The monoisotopic (exact) mass is 558 g/mol. The van der Waals surface area contributed by atoms with Gasteiger partial charge in [0.1, 0.15) is 23.1 Å². The lowest BCUT2D eigenvalue weighted by atomic mass is 10.1. The number of guanidine groups is 1. The minimum atomic E-state index is 0. The summed E-state index contributed by atoms with van der Waals surface area (Å²) in [7, 11) is 6.71. The van der Waals surface area contributed by atoms with Gasteiger partial charge in [-0.3, -0.25) is 4.99 Å². The van der Waals surface area contributed by atoms with Crippen molar-refractivity contribution >= 4 is 29.9 Å². The predicted molar refractivity (Wildman–Crippen MR) is 136 cm³/mol. The standard InChI is InChI=1S/C22H34N6O3.HI/c1-14(2)21-26-20-8-7-15(13-28(20)27-21)25-22(23-3)24-10-9-17-18(30-5)11-16(29-4)12-19(17)31-6;/h11-12,14-15H,7-10,13H2,1-6H3,(H2,23,24,25);1H. The Balaban J connectivity index is 0.00000363. The molecule has 0 bridgehead atoms. The van der Waals surface area contributed by atoms with Crippen LogP contribution in [0.15, 0.2) is 17.1 Å². The Hall–Kier alpha value is -2.24. The second-order valence-electron chi connectivity index (χ2n) is 7.86. The molecule has 0 saturated heterocycles. The number of rotatable bonds is 8. The van der Waals surface area contributed by atoms with Crippen LogP contribution >= 0.6 is 24.0 Å². The van der Waals surface area contributed by atoms with Crippen LogP contribution < -0.4 is 24.8 Å². The first kappa shape index (κ1) is 26.0. The largest absolute Gasteiger partial charge is 0.496 e. The molecule has 0 aliphatic carbocycles. The molecule has 10 heteroatoms. The zero-order chi connectivity index (χ0) is 22.4. The summed E-state index contributed by atoms with van der Waals surface area (Å²) in [6.45, 7) is 5.71. The highest BCUT2D eigenvalue weighted by Gasteiger charge is 2.23. The van der Waals surface area contributed by atoms with Gasteiger partial charge in [-0.25, -0.2) is 9.67 Å². The highest BCUT2D eigenvalue weighted by molar-refractivity contribution is 14.0. The Labute approximate surface area is 207 Å². The minimum Gasteiger partial charge on any atom is -0.496 e. The van der Waals surface area contributed by atoms with Crippen LogP contribution in [-0.2, 0) is 19.4 Å². The number of aryl methyl sites for hydroxylation is 1. The van der Waals surface area contributed by atoms with Crippen molar-refractivity contribution in [3.05, 3.63) is 29.3 Å². The number of hydrogen-bond donors (Lipinski definition) is 2. The zero-order valence-electron chi connectivity index (χ0n) is 19.8. The van der Waals surface area contributed by atoms with E-state index in [-0.39, 0.29) is 30.0 Å². The summed E-state index contributed by atoms with van der Waals surface area (Å²) in [4.78, 5) is 9.04. The third kappa shape index (κ3) is 6.17. The van der Waals surface area contributed by atoms with E-state index in [1.807, 2.05) is 16.8 Å². The second-order valence-corrected chi connectivity index (χ2v) is 7.86. The Morgan fingerprint density at radius 1 is 1.19 bits per heavy atom. The number of ether oxygens (including phenoxy) is 3. The normalized spacial score (nSPS) is 15.6. The summed E-state index contributed by atoms with van der Waals surface area (Å²) in [6, 6.07) is 3.99. The van der Waals surface area contributed by atoms with Gasteiger partial charge in [0.15, 0.2) is 11.8 Å². The maximum atomic E-state index is 5.54. The molecule has 1 aliphatic rings. The lowest BCUT2D eigenvalue weighted by Gasteiger charge is -2.25. The molecule has 2 heterocycles. The maximum absolute atomic E-state index is 5.54. The first-order valence-corrected chi connectivity index (χ1v) is 10.7.